The molecule has 8 heteroatoms. The maximum absolute atomic E-state index is 12.7. The molecule has 1 amide bonds. The van der Waals surface area contributed by atoms with Crippen molar-refractivity contribution in [1.29, 1.82) is 0 Å². The molecular formula is C23H22F3NO4. The van der Waals surface area contributed by atoms with Crippen molar-refractivity contribution >= 4 is 11.9 Å². The molecule has 5 nitrogen and oxygen atoms in total. The predicted molar refractivity (Wildman–Crippen MR) is 107 cm³/mol. The summed E-state index contributed by atoms with van der Waals surface area (Å²) in [6, 6.07) is 12.8. The summed E-state index contributed by atoms with van der Waals surface area (Å²) in [6.45, 7) is 4.00. The van der Waals surface area contributed by atoms with Gasteiger partial charge in [0.15, 0.2) is 5.75 Å². The molecule has 0 bridgehead atoms. The van der Waals surface area contributed by atoms with Crippen LogP contribution in [0.4, 0.5) is 13.2 Å². The van der Waals surface area contributed by atoms with Gasteiger partial charge in [0.05, 0.1) is 11.0 Å². The molecule has 2 aromatic rings. The van der Waals surface area contributed by atoms with Crippen molar-refractivity contribution < 1.29 is 32.5 Å². The maximum Gasteiger partial charge on any atom is 0.416 e. The van der Waals surface area contributed by atoms with Crippen molar-refractivity contribution in [1.82, 2.24) is 4.90 Å². The van der Waals surface area contributed by atoms with Crippen molar-refractivity contribution in [3.05, 3.63) is 77.4 Å². The van der Waals surface area contributed by atoms with Gasteiger partial charge in [0.2, 0.25) is 0 Å². The predicted octanol–water partition coefficient (Wildman–Crippen LogP) is 5.04. The number of nitrogens with zero attached hydrogens (tertiary/aromatic N) is 1. The number of carbonyl (C=O) groups excluding carboxylic acids is 2. The van der Waals surface area contributed by atoms with Crippen LogP contribution in [0.25, 0.3) is 0 Å². The third-order valence-corrected chi connectivity index (χ3v) is 5.23. The molecule has 31 heavy (non-hydrogen) atoms. The SMILES string of the molecule is CC(C)(C(=O)OOc1ccccc1)C1=CCN(C(=O)c2ccc(C(F)(F)F)cc2)CC1. The normalized spacial score (nSPS) is 14.6. The van der Waals surface area contributed by atoms with Crippen LogP contribution in [0.5, 0.6) is 5.75 Å². The zero-order chi connectivity index (χ0) is 22.6. The van der Waals surface area contributed by atoms with Crippen LogP contribution in [0.2, 0.25) is 0 Å². The van der Waals surface area contributed by atoms with Crippen LogP contribution in [-0.4, -0.2) is 29.9 Å². The molecule has 0 saturated heterocycles. The van der Waals surface area contributed by atoms with Crippen LogP contribution in [0.15, 0.2) is 66.2 Å². The number of benzene rings is 2. The Balaban J connectivity index is 1.61. The highest BCUT2D eigenvalue weighted by atomic mass is 19.4. The van der Waals surface area contributed by atoms with Gasteiger partial charge >= 0.3 is 12.1 Å². The highest BCUT2D eigenvalue weighted by molar-refractivity contribution is 5.94. The molecule has 0 fully saturated rings. The average molecular weight is 433 g/mol. The minimum atomic E-state index is -4.45. The summed E-state index contributed by atoms with van der Waals surface area (Å²) in [6.07, 6.45) is -2.25. The molecule has 3 rings (SSSR count). The van der Waals surface area contributed by atoms with Gasteiger partial charge in [-0.05, 0) is 56.7 Å². The third-order valence-electron chi connectivity index (χ3n) is 5.23. The van der Waals surface area contributed by atoms with E-state index in [1.54, 1.807) is 44.2 Å². The maximum atomic E-state index is 12.7. The second-order valence-electron chi connectivity index (χ2n) is 7.70. The Bertz CT molecular complexity index is 967. The minimum Gasteiger partial charge on any atom is -0.335 e. The molecule has 0 aliphatic carbocycles. The van der Waals surface area contributed by atoms with Crippen LogP contribution in [0.3, 0.4) is 0 Å². The van der Waals surface area contributed by atoms with E-state index in [9.17, 15) is 22.8 Å². The Morgan fingerprint density at radius 2 is 1.61 bits per heavy atom. The number of hydrogen-bond acceptors (Lipinski definition) is 4. The number of alkyl halides is 3. The van der Waals surface area contributed by atoms with Gasteiger partial charge in [-0.3, -0.25) is 9.68 Å². The Hall–Kier alpha value is -3.29. The van der Waals surface area contributed by atoms with Crippen LogP contribution in [0.1, 0.15) is 36.2 Å². The van der Waals surface area contributed by atoms with E-state index in [4.69, 9.17) is 9.78 Å². The molecule has 0 aromatic heterocycles. The van der Waals surface area contributed by atoms with Crippen molar-refractivity contribution in [2.75, 3.05) is 13.1 Å². The lowest BCUT2D eigenvalue weighted by atomic mass is 9.81. The quantitative estimate of drug-likeness (QED) is 0.377. The van der Waals surface area contributed by atoms with Crippen LogP contribution in [-0.2, 0) is 15.9 Å². The lowest BCUT2D eigenvalue weighted by molar-refractivity contribution is -0.222. The second kappa shape index (κ2) is 8.83. The van der Waals surface area contributed by atoms with Crippen molar-refractivity contribution in [2.45, 2.75) is 26.4 Å². The highest BCUT2D eigenvalue weighted by Crippen LogP contribution is 2.33. The fourth-order valence-corrected chi connectivity index (χ4v) is 3.20. The molecule has 0 spiro atoms. The summed E-state index contributed by atoms with van der Waals surface area (Å²) in [5.74, 6) is -0.528. The van der Waals surface area contributed by atoms with E-state index in [0.29, 0.717) is 18.7 Å². The molecule has 1 aliphatic heterocycles. The Kier molecular flexibility index (Phi) is 6.38. The first-order valence-electron chi connectivity index (χ1n) is 9.69. The molecule has 0 unspecified atom stereocenters. The monoisotopic (exact) mass is 433 g/mol. The number of carbonyl (C=O) groups is 2. The topological polar surface area (TPSA) is 55.8 Å². The first-order valence-corrected chi connectivity index (χ1v) is 9.69. The van der Waals surface area contributed by atoms with Crippen molar-refractivity contribution in [3.63, 3.8) is 0 Å². The van der Waals surface area contributed by atoms with Crippen molar-refractivity contribution in [2.24, 2.45) is 5.41 Å². The van der Waals surface area contributed by atoms with Crippen LogP contribution in [0, 0.1) is 5.41 Å². The number of rotatable bonds is 5. The summed E-state index contributed by atoms with van der Waals surface area (Å²) < 4.78 is 38.1. The summed E-state index contributed by atoms with van der Waals surface area (Å²) in [5, 5.41) is 0. The van der Waals surface area contributed by atoms with E-state index in [2.05, 4.69) is 0 Å². The molecule has 164 valence electrons. The van der Waals surface area contributed by atoms with Gasteiger partial charge in [-0.25, -0.2) is 9.68 Å². The average Bonchev–Trinajstić information content (AvgIpc) is 2.77. The molecule has 0 saturated carbocycles. The van der Waals surface area contributed by atoms with E-state index >= 15 is 0 Å². The highest BCUT2D eigenvalue weighted by Gasteiger charge is 2.37. The summed E-state index contributed by atoms with van der Waals surface area (Å²) in [5.41, 5.74) is -0.786. The van der Waals surface area contributed by atoms with Gasteiger partial charge in [0.1, 0.15) is 0 Å². The zero-order valence-electron chi connectivity index (χ0n) is 17.1. The van der Waals surface area contributed by atoms with E-state index in [0.717, 1.165) is 17.7 Å². The molecular weight excluding hydrogens is 411 g/mol. The number of halogens is 3. The summed E-state index contributed by atoms with van der Waals surface area (Å²) in [7, 11) is 0. The van der Waals surface area contributed by atoms with Gasteiger partial charge in [-0.2, -0.15) is 13.2 Å². The standard InChI is InChI=1S/C23H22F3NO4/c1-22(2,21(29)31-30-19-6-4-3-5-7-19)17-12-14-27(15-13-17)20(28)16-8-10-18(11-9-16)23(24,25)26/h3-12H,13-15H2,1-2H3. The first-order chi connectivity index (χ1) is 14.6. The fraction of sp³-hybridized carbons (Fsp3) is 0.304. The molecule has 1 aliphatic rings. The Morgan fingerprint density at radius 3 is 2.16 bits per heavy atom. The van der Waals surface area contributed by atoms with Crippen molar-refractivity contribution in [3.8, 4) is 5.75 Å². The van der Waals surface area contributed by atoms with Gasteiger partial charge in [-0.1, -0.05) is 29.8 Å². The van der Waals surface area contributed by atoms with Gasteiger partial charge in [0, 0.05) is 18.7 Å². The molecule has 0 radical (unpaired) electrons. The minimum absolute atomic E-state index is 0.180. The number of amides is 1. The largest absolute Gasteiger partial charge is 0.416 e. The van der Waals surface area contributed by atoms with E-state index in [1.807, 2.05) is 6.07 Å². The first kappa shape index (κ1) is 22.4. The molecule has 0 N–H and O–H groups in total. The van der Waals surface area contributed by atoms with Gasteiger partial charge in [-0.15, -0.1) is 0 Å². The Labute approximate surface area is 178 Å². The van der Waals surface area contributed by atoms with E-state index in [-0.39, 0.29) is 18.0 Å². The summed E-state index contributed by atoms with van der Waals surface area (Å²) >= 11 is 0. The lowest BCUT2D eigenvalue weighted by Crippen LogP contribution is -2.39. The zero-order valence-corrected chi connectivity index (χ0v) is 17.1. The Morgan fingerprint density at radius 1 is 0.968 bits per heavy atom. The van der Waals surface area contributed by atoms with Gasteiger partial charge in [0.25, 0.3) is 5.91 Å². The lowest BCUT2D eigenvalue weighted by Gasteiger charge is -2.32. The summed E-state index contributed by atoms with van der Waals surface area (Å²) in [4.78, 5) is 36.7. The van der Waals surface area contributed by atoms with E-state index < -0.39 is 23.1 Å². The second-order valence-corrected chi connectivity index (χ2v) is 7.70. The van der Waals surface area contributed by atoms with Crippen LogP contribution >= 0.6 is 0 Å². The number of hydrogen-bond donors (Lipinski definition) is 0. The molecule has 0 atom stereocenters. The molecule has 1 heterocycles. The fourth-order valence-electron chi connectivity index (χ4n) is 3.20. The third kappa shape index (κ3) is 5.25. The van der Waals surface area contributed by atoms with Gasteiger partial charge < -0.3 is 4.90 Å². The smallest absolute Gasteiger partial charge is 0.335 e. The molecule has 2 aromatic carbocycles. The number of para-hydroxylation sites is 1. The van der Waals surface area contributed by atoms with Crippen LogP contribution < -0.4 is 4.89 Å². The van der Waals surface area contributed by atoms with E-state index in [1.165, 1.54) is 17.0 Å².